The van der Waals surface area contributed by atoms with Gasteiger partial charge in [-0.25, -0.2) is 0 Å². The Morgan fingerprint density at radius 1 is 1.10 bits per heavy atom. The number of aliphatic hydroxyl groups is 1. The van der Waals surface area contributed by atoms with Crippen molar-refractivity contribution < 1.29 is 15.0 Å². The van der Waals surface area contributed by atoms with E-state index in [1.54, 1.807) is 5.57 Å². The molecule has 0 aromatic heterocycles. The van der Waals surface area contributed by atoms with Crippen LogP contribution in [-0.2, 0) is 4.79 Å². The van der Waals surface area contributed by atoms with Crippen LogP contribution < -0.4 is 0 Å². The number of carboxylic acids is 1. The van der Waals surface area contributed by atoms with Crippen molar-refractivity contribution in [2.75, 3.05) is 0 Å². The first-order chi connectivity index (χ1) is 14.2. The second kappa shape index (κ2) is 8.26. The molecule has 3 saturated carbocycles. The minimum absolute atomic E-state index is 0.115. The molecular weight excluding hydrogens is 372 g/mol. The largest absolute Gasteiger partial charge is 0.481 e. The van der Waals surface area contributed by atoms with Crippen LogP contribution in [0.25, 0.3) is 0 Å². The van der Waals surface area contributed by atoms with Crippen molar-refractivity contribution in [2.45, 2.75) is 104 Å². The maximum absolute atomic E-state index is 11.1. The van der Waals surface area contributed by atoms with Crippen molar-refractivity contribution in [3.63, 3.8) is 0 Å². The molecule has 3 fully saturated rings. The summed E-state index contributed by atoms with van der Waals surface area (Å²) in [6, 6.07) is 0. The first-order valence-electron chi connectivity index (χ1n) is 12.8. The molecule has 4 aliphatic rings. The fourth-order valence-electron chi connectivity index (χ4n) is 8.69. The summed E-state index contributed by atoms with van der Waals surface area (Å²) in [5.41, 5.74) is 2.37. The minimum atomic E-state index is -0.651. The Bertz CT molecular complexity index is 684. The number of aliphatic hydroxyl groups excluding tert-OH is 1. The summed E-state index contributed by atoms with van der Waals surface area (Å²) in [6.07, 6.45) is 15.2. The molecule has 9 atom stereocenters. The number of hydrogen-bond acceptors (Lipinski definition) is 2. The highest BCUT2D eigenvalue weighted by Crippen LogP contribution is 2.67. The van der Waals surface area contributed by atoms with E-state index in [4.69, 9.17) is 5.11 Å². The molecule has 0 heterocycles. The summed E-state index contributed by atoms with van der Waals surface area (Å²) in [4.78, 5) is 11.1. The molecule has 0 aliphatic heterocycles. The van der Waals surface area contributed by atoms with Crippen LogP contribution in [0.3, 0.4) is 0 Å². The fourth-order valence-corrected chi connectivity index (χ4v) is 8.69. The Kier molecular flexibility index (Phi) is 6.16. The van der Waals surface area contributed by atoms with Gasteiger partial charge in [0.15, 0.2) is 0 Å². The van der Waals surface area contributed by atoms with Gasteiger partial charge in [-0.05, 0) is 98.2 Å². The predicted molar refractivity (Wildman–Crippen MR) is 121 cm³/mol. The van der Waals surface area contributed by atoms with E-state index in [1.165, 1.54) is 44.9 Å². The lowest BCUT2D eigenvalue weighted by molar-refractivity contribution is -0.141. The number of hydrogen-bond donors (Lipinski definition) is 2. The van der Waals surface area contributed by atoms with Crippen LogP contribution in [0.15, 0.2) is 11.6 Å². The van der Waals surface area contributed by atoms with Crippen molar-refractivity contribution in [2.24, 2.45) is 46.3 Å². The van der Waals surface area contributed by atoms with Crippen LogP contribution in [-0.4, -0.2) is 22.3 Å². The van der Waals surface area contributed by atoms with Crippen LogP contribution in [0, 0.1) is 46.3 Å². The van der Waals surface area contributed by atoms with E-state index < -0.39 is 5.97 Å². The zero-order valence-corrected chi connectivity index (χ0v) is 19.7. The third kappa shape index (κ3) is 3.67. The number of aliphatic carboxylic acids is 1. The normalized spacial score (nSPS) is 45.0. The number of fused-ring (bicyclic) bond motifs is 5. The fraction of sp³-hybridized carbons (Fsp3) is 0.889. The Labute approximate surface area is 183 Å². The van der Waals surface area contributed by atoms with Gasteiger partial charge in [-0.15, -0.1) is 0 Å². The van der Waals surface area contributed by atoms with Gasteiger partial charge in [0.25, 0.3) is 0 Å². The molecule has 0 amide bonds. The second-order valence-corrected chi connectivity index (χ2v) is 12.0. The highest BCUT2D eigenvalue weighted by Gasteiger charge is 2.59. The second-order valence-electron chi connectivity index (χ2n) is 12.0. The van der Waals surface area contributed by atoms with Gasteiger partial charge in [0, 0.05) is 0 Å². The molecule has 4 aliphatic carbocycles. The SMILES string of the molecule is CC(CCC[C@H](C)[C@@H]1CC[C@@H]2[C@H]3CC=C4C[C@H](O)CC[C@@]4(C)[C@@H]3CC[C@]21C)C(=O)O. The van der Waals surface area contributed by atoms with Crippen LogP contribution in [0.1, 0.15) is 98.3 Å². The van der Waals surface area contributed by atoms with E-state index in [-0.39, 0.29) is 12.0 Å². The molecule has 0 saturated heterocycles. The maximum atomic E-state index is 11.1. The zero-order valence-electron chi connectivity index (χ0n) is 19.7. The van der Waals surface area contributed by atoms with Gasteiger partial charge in [0.05, 0.1) is 12.0 Å². The number of carbonyl (C=O) groups is 1. The first kappa shape index (κ1) is 22.4. The number of allylic oxidation sites excluding steroid dienone is 1. The standard InChI is InChI=1S/C27H44O3/c1-17(6-5-7-18(2)25(29)30)22-10-11-23-21-9-8-19-16-20(28)12-14-26(19,3)24(21)13-15-27(22,23)4/h8,17-18,20-24,28H,5-7,9-16H2,1-4H3,(H,29,30)/t17-,18?,20+,21+,22-,23+,24+,26+,27-/m0/s1. The van der Waals surface area contributed by atoms with Gasteiger partial charge in [0.2, 0.25) is 0 Å². The van der Waals surface area contributed by atoms with Crippen LogP contribution in [0.4, 0.5) is 0 Å². The highest BCUT2D eigenvalue weighted by atomic mass is 16.4. The van der Waals surface area contributed by atoms with Gasteiger partial charge in [-0.1, -0.05) is 52.2 Å². The molecule has 0 spiro atoms. The van der Waals surface area contributed by atoms with Crippen molar-refractivity contribution in [3.05, 3.63) is 11.6 Å². The maximum Gasteiger partial charge on any atom is 0.306 e. The third-order valence-corrected chi connectivity index (χ3v) is 10.6. The summed E-state index contributed by atoms with van der Waals surface area (Å²) in [5, 5.41) is 19.4. The molecule has 170 valence electrons. The zero-order chi connectivity index (χ0) is 21.7. The topological polar surface area (TPSA) is 57.5 Å². The predicted octanol–water partition coefficient (Wildman–Crippen LogP) is 6.45. The molecule has 0 aromatic rings. The van der Waals surface area contributed by atoms with Crippen molar-refractivity contribution in [3.8, 4) is 0 Å². The molecule has 1 unspecified atom stereocenters. The number of rotatable bonds is 6. The minimum Gasteiger partial charge on any atom is -0.481 e. The van der Waals surface area contributed by atoms with E-state index >= 15 is 0 Å². The molecule has 3 heteroatoms. The summed E-state index contributed by atoms with van der Waals surface area (Å²) >= 11 is 0. The Morgan fingerprint density at radius 3 is 2.60 bits per heavy atom. The first-order valence-corrected chi connectivity index (χ1v) is 12.8. The monoisotopic (exact) mass is 416 g/mol. The lowest BCUT2D eigenvalue weighted by atomic mass is 9.47. The average Bonchev–Trinajstić information content (AvgIpc) is 3.05. The lowest BCUT2D eigenvalue weighted by Gasteiger charge is -2.58. The average molecular weight is 417 g/mol. The van der Waals surface area contributed by atoms with Crippen LogP contribution in [0.2, 0.25) is 0 Å². The summed E-state index contributed by atoms with van der Waals surface area (Å²) < 4.78 is 0. The number of carboxylic acid groups (broad SMARTS) is 1. The van der Waals surface area contributed by atoms with Gasteiger partial charge < -0.3 is 10.2 Å². The Balaban J connectivity index is 1.44. The molecule has 4 rings (SSSR count). The Morgan fingerprint density at radius 2 is 1.87 bits per heavy atom. The third-order valence-electron chi connectivity index (χ3n) is 10.6. The molecule has 30 heavy (non-hydrogen) atoms. The van der Waals surface area contributed by atoms with Crippen molar-refractivity contribution >= 4 is 5.97 Å². The van der Waals surface area contributed by atoms with Gasteiger partial charge >= 0.3 is 5.97 Å². The van der Waals surface area contributed by atoms with E-state index in [1.807, 2.05) is 6.92 Å². The molecule has 0 aromatic carbocycles. The van der Waals surface area contributed by atoms with E-state index in [0.717, 1.165) is 49.4 Å². The quantitative estimate of drug-likeness (QED) is 0.489. The highest BCUT2D eigenvalue weighted by molar-refractivity contribution is 5.69. The van der Waals surface area contributed by atoms with Crippen molar-refractivity contribution in [1.82, 2.24) is 0 Å². The Hall–Kier alpha value is -0.830. The van der Waals surface area contributed by atoms with Crippen LogP contribution in [0.5, 0.6) is 0 Å². The molecule has 2 N–H and O–H groups in total. The molecule has 0 bridgehead atoms. The van der Waals surface area contributed by atoms with Gasteiger partial charge in [-0.3, -0.25) is 4.79 Å². The lowest BCUT2D eigenvalue weighted by Crippen LogP contribution is -2.50. The summed E-state index contributed by atoms with van der Waals surface area (Å²) in [5.74, 6) is 3.14. The molecule has 3 nitrogen and oxygen atoms in total. The summed E-state index contributed by atoms with van der Waals surface area (Å²) in [7, 11) is 0. The van der Waals surface area contributed by atoms with Crippen LogP contribution >= 0.6 is 0 Å². The summed E-state index contributed by atoms with van der Waals surface area (Å²) in [6.45, 7) is 9.41. The van der Waals surface area contributed by atoms with E-state index in [2.05, 4.69) is 26.8 Å². The van der Waals surface area contributed by atoms with Gasteiger partial charge in [-0.2, -0.15) is 0 Å². The van der Waals surface area contributed by atoms with Gasteiger partial charge in [0.1, 0.15) is 0 Å². The van der Waals surface area contributed by atoms with E-state index in [0.29, 0.717) is 16.7 Å². The van der Waals surface area contributed by atoms with Crippen molar-refractivity contribution in [1.29, 1.82) is 0 Å². The van der Waals surface area contributed by atoms with E-state index in [9.17, 15) is 9.90 Å². The molecule has 0 radical (unpaired) electrons. The molecular formula is C27H44O3. The smallest absolute Gasteiger partial charge is 0.306 e.